The first-order valence-corrected chi connectivity index (χ1v) is 7.47. The molecule has 7 heteroatoms. The number of hydrogen-bond donors (Lipinski definition) is 1. The maximum absolute atomic E-state index is 12.1. The Morgan fingerprint density at radius 3 is 2.58 bits per heavy atom. The Morgan fingerprint density at radius 1 is 1.17 bits per heavy atom. The lowest BCUT2D eigenvalue weighted by Crippen LogP contribution is -2.26. The maximum atomic E-state index is 12.1. The number of hydrazone groups is 1. The molecular weight excluding hydrogens is 330 g/mol. The first kappa shape index (κ1) is 17.6. The van der Waals surface area contributed by atoms with Crippen molar-refractivity contribution >= 4 is 29.5 Å². The standard InChI is InChI=1S/C17H18ClN3O3/c1-21(17(22)20-14-6-4-5-13(18)10-14)19-11-12-7-8-15(23-2)16(9-12)24-3/h4-11H,1-3H3,(H,20,22). The molecule has 0 spiro atoms. The highest BCUT2D eigenvalue weighted by atomic mass is 35.5. The molecule has 0 atom stereocenters. The van der Waals surface area contributed by atoms with Crippen LogP contribution in [0.4, 0.5) is 10.5 Å². The van der Waals surface area contributed by atoms with Gasteiger partial charge in [-0.15, -0.1) is 0 Å². The zero-order valence-corrected chi connectivity index (χ0v) is 14.4. The number of rotatable bonds is 5. The van der Waals surface area contributed by atoms with Crippen LogP contribution in [0.25, 0.3) is 0 Å². The van der Waals surface area contributed by atoms with Gasteiger partial charge in [0.05, 0.1) is 20.4 Å². The van der Waals surface area contributed by atoms with Gasteiger partial charge in [-0.2, -0.15) is 5.10 Å². The SMILES string of the molecule is COc1ccc(C=NN(C)C(=O)Nc2cccc(Cl)c2)cc1OC. The van der Waals surface area contributed by atoms with Gasteiger partial charge in [-0.3, -0.25) is 0 Å². The third-order valence-electron chi connectivity index (χ3n) is 3.16. The van der Waals surface area contributed by atoms with E-state index in [4.69, 9.17) is 21.1 Å². The number of nitrogens with one attached hydrogen (secondary N) is 1. The molecule has 0 aliphatic carbocycles. The molecule has 0 aliphatic rings. The minimum Gasteiger partial charge on any atom is -0.493 e. The summed E-state index contributed by atoms with van der Waals surface area (Å²) in [7, 11) is 4.68. The molecule has 0 saturated carbocycles. The van der Waals surface area contributed by atoms with Crippen LogP contribution >= 0.6 is 11.6 Å². The van der Waals surface area contributed by atoms with Gasteiger partial charge in [-0.1, -0.05) is 17.7 Å². The molecular formula is C17H18ClN3O3. The van der Waals surface area contributed by atoms with Gasteiger partial charge in [-0.05, 0) is 42.0 Å². The molecule has 0 bridgehead atoms. The number of anilines is 1. The predicted octanol–water partition coefficient (Wildman–Crippen LogP) is 3.86. The summed E-state index contributed by atoms with van der Waals surface area (Å²) in [5.41, 5.74) is 1.37. The maximum Gasteiger partial charge on any atom is 0.341 e. The smallest absolute Gasteiger partial charge is 0.341 e. The predicted molar refractivity (Wildman–Crippen MR) is 95.4 cm³/mol. The topological polar surface area (TPSA) is 63.2 Å². The first-order chi connectivity index (χ1) is 11.5. The molecule has 6 nitrogen and oxygen atoms in total. The molecule has 1 N–H and O–H groups in total. The van der Waals surface area contributed by atoms with Crippen molar-refractivity contribution < 1.29 is 14.3 Å². The second kappa shape index (κ2) is 8.21. The Morgan fingerprint density at radius 2 is 1.92 bits per heavy atom. The number of nitrogens with zero attached hydrogens (tertiary/aromatic N) is 2. The van der Waals surface area contributed by atoms with Crippen LogP contribution in [0.3, 0.4) is 0 Å². The normalized spacial score (nSPS) is 10.5. The number of carbonyl (C=O) groups excluding carboxylic acids is 1. The zero-order valence-electron chi connectivity index (χ0n) is 13.6. The van der Waals surface area contributed by atoms with Gasteiger partial charge in [0.1, 0.15) is 0 Å². The van der Waals surface area contributed by atoms with Gasteiger partial charge in [-0.25, -0.2) is 9.80 Å². The average Bonchev–Trinajstić information content (AvgIpc) is 2.59. The van der Waals surface area contributed by atoms with E-state index in [9.17, 15) is 4.79 Å². The van der Waals surface area contributed by atoms with Crippen molar-refractivity contribution in [2.75, 3.05) is 26.6 Å². The summed E-state index contributed by atoms with van der Waals surface area (Å²) in [6, 6.07) is 11.9. The van der Waals surface area contributed by atoms with Crippen molar-refractivity contribution in [1.82, 2.24) is 5.01 Å². The molecule has 0 heterocycles. The Bertz CT molecular complexity index is 750. The number of halogens is 1. The lowest BCUT2D eigenvalue weighted by atomic mass is 10.2. The third-order valence-corrected chi connectivity index (χ3v) is 3.39. The molecule has 0 aromatic heterocycles. The summed E-state index contributed by atoms with van der Waals surface area (Å²) in [5, 5.41) is 8.55. The average molecular weight is 348 g/mol. The summed E-state index contributed by atoms with van der Waals surface area (Å²) in [4.78, 5) is 12.1. The second-order valence-electron chi connectivity index (χ2n) is 4.82. The minimum absolute atomic E-state index is 0.381. The van der Waals surface area contributed by atoms with Crippen LogP contribution in [-0.4, -0.2) is 38.5 Å². The van der Waals surface area contributed by atoms with Crippen LogP contribution in [-0.2, 0) is 0 Å². The molecule has 2 aromatic carbocycles. The Hall–Kier alpha value is -2.73. The van der Waals surface area contributed by atoms with Crippen molar-refractivity contribution in [3.8, 4) is 11.5 Å². The fraction of sp³-hybridized carbons (Fsp3) is 0.176. The lowest BCUT2D eigenvalue weighted by Gasteiger charge is -2.13. The second-order valence-corrected chi connectivity index (χ2v) is 5.26. The van der Waals surface area contributed by atoms with Gasteiger partial charge >= 0.3 is 6.03 Å². The highest BCUT2D eigenvalue weighted by molar-refractivity contribution is 6.30. The summed E-state index contributed by atoms with van der Waals surface area (Å²) in [6.45, 7) is 0. The highest BCUT2D eigenvalue weighted by Crippen LogP contribution is 2.26. The van der Waals surface area contributed by atoms with E-state index in [2.05, 4.69) is 10.4 Å². The fourth-order valence-corrected chi connectivity index (χ4v) is 2.10. The van der Waals surface area contributed by atoms with Gasteiger partial charge < -0.3 is 14.8 Å². The molecule has 24 heavy (non-hydrogen) atoms. The summed E-state index contributed by atoms with van der Waals surface area (Å²) in [5.74, 6) is 1.22. The van der Waals surface area contributed by atoms with E-state index in [1.807, 2.05) is 6.07 Å². The van der Waals surface area contributed by atoms with Crippen LogP contribution < -0.4 is 14.8 Å². The van der Waals surface area contributed by atoms with E-state index >= 15 is 0 Å². The Balaban J connectivity index is 2.04. The number of methoxy groups -OCH3 is 2. The van der Waals surface area contributed by atoms with E-state index in [-0.39, 0.29) is 6.03 Å². The summed E-state index contributed by atoms with van der Waals surface area (Å²) >= 11 is 5.89. The monoisotopic (exact) mass is 347 g/mol. The Kier molecular flexibility index (Phi) is 6.03. The quantitative estimate of drug-likeness (QED) is 0.660. The summed E-state index contributed by atoms with van der Waals surface area (Å²) in [6.07, 6.45) is 1.56. The van der Waals surface area contributed by atoms with Crippen LogP contribution in [0, 0.1) is 0 Å². The summed E-state index contributed by atoms with van der Waals surface area (Å²) < 4.78 is 10.4. The van der Waals surface area contributed by atoms with Crippen LogP contribution in [0.1, 0.15) is 5.56 Å². The molecule has 2 rings (SSSR count). The van der Waals surface area contributed by atoms with Gasteiger partial charge in [0.25, 0.3) is 0 Å². The molecule has 2 aromatic rings. The largest absolute Gasteiger partial charge is 0.493 e. The number of amides is 2. The van der Waals surface area contributed by atoms with Gasteiger partial charge in [0.2, 0.25) is 0 Å². The van der Waals surface area contributed by atoms with Crippen LogP contribution in [0.15, 0.2) is 47.6 Å². The van der Waals surface area contributed by atoms with E-state index < -0.39 is 0 Å². The van der Waals surface area contributed by atoms with Crippen molar-refractivity contribution in [3.05, 3.63) is 53.1 Å². The van der Waals surface area contributed by atoms with Crippen molar-refractivity contribution in [2.45, 2.75) is 0 Å². The lowest BCUT2D eigenvalue weighted by molar-refractivity contribution is 0.224. The van der Waals surface area contributed by atoms with E-state index in [1.165, 1.54) is 5.01 Å². The molecule has 0 aliphatic heterocycles. The number of ether oxygens (including phenoxy) is 2. The van der Waals surface area contributed by atoms with Gasteiger partial charge in [0, 0.05) is 17.8 Å². The van der Waals surface area contributed by atoms with E-state index in [0.717, 1.165) is 5.56 Å². The van der Waals surface area contributed by atoms with Crippen LogP contribution in [0.2, 0.25) is 5.02 Å². The number of hydrogen-bond acceptors (Lipinski definition) is 4. The van der Waals surface area contributed by atoms with Crippen LogP contribution in [0.5, 0.6) is 11.5 Å². The molecule has 0 radical (unpaired) electrons. The van der Waals surface area contributed by atoms with E-state index in [1.54, 1.807) is 63.9 Å². The highest BCUT2D eigenvalue weighted by Gasteiger charge is 2.08. The molecule has 0 unspecified atom stereocenters. The van der Waals surface area contributed by atoms with E-state index in [0.29, 0.717) is 22.2 Å². The zero-order chi connectivity index (χ0) is 17.5. The third kappa shape index (κ3) is 4.63. The van der Waals surface area contributed by atoms with Gasteiger partial charge in [0.15, 0.2) is 11.5 Å². The minimum atomic E-state index is -0.381. The molecule has 0 fully saturated rings. The van der Waals surface area contributed by atoms with Crippen molar-refractivity contribution in [3.63, 3.8) is 0 Å². The number of urea groups is 1. The number of benzene rings is 2. The van der Waals surface area contributed by atoms with Crippen molar-refractivity contribution in [2.24, 2.45) is 5.10 Å². The Labute approximate surface area is 145 Å². The molecule has 126 valence electrons. The number of carbonyl (C=O) groups is 1. The molecule has 0 saturated heterocycles. The fourth-order valence-electron chi connectivity index (χ4n) is 1.91. The first-order valence-electron chi connectivity index (χ1n) is 7.09. The van der Waals surface area contributed by atoms with Crippen molar-refractivity contribution in [1.29, 1.82) is 0 Å². The molecule has 2 amide bonds.